The molecule has 0 aliphatic rings. The first-order valence-corrected chi connectivity index (χ1v) is 8.82. The number of aromatic amines is 1. The standard InChI is InChI=1S/C21H25N3O3/c1-14-4-6-15(7-5-14)21-16(12-23-24-21)11-22-13-19(25)18-10-17(26-2)8-9-20(18)27-3/h4-10,12,19,22,25H,11,13H2,1-3H3,(H,23,24). The molecule has 0 aliphatic heterocycles. The highest BCUT2D eigenvalue weighted by Gasteiger charge is 2.15. The number of rotatable bonds is 8. The lowest BCUT2D eigenvalue weighted by atomic mass is 10.1. The van der Waals surface area contributed by atoms with Gasteiger partial charge in [0.25, 0.3) is 0 Å². The van der Waals surface area contributed by atoms with Gasteiger partial charge in [0.2, 0.25) is 0 Å². The molecule has 6 heteroatoms. The first-order valence-electron chi connectivity index (χ1n) is 8.82. The maximum absolute atomic E-state index is 10.6. The van der Waals surface area contributed by atoms with Gasteiger partial charge in [-0.25, -0.2) is 0 Å². The molecule has 0 bridgehead atoms. The van der Waals surface area contributed by atoms with Gasteiger partial charge in [0.1, 0.15) is 11.5 Å². The number of aliphatic hydroxyl groups excluding tert-OH is 1. The van der Waals surface area contributed by atoms with E-state index in [1.165, 1.54) is 5.56 Å². The van der Waals surface area contributed by atoms with E-state index in [9.17, 15) is 5.11 Å². The van der Waals surface area contributed by atoms with E-state index in [4.69, 9.17) is 9.47 Å². The van der Waals surface area contributed by atoms with Crippen LogP contribution in [0.5, 0.6) is 11.5 Å². The summed E-state index contributed by atoms with van der Waals surface area (Å²) in [5, 5.41) is 21.1. The minimum Gasteiger partial charge on any atom is -0.497 e. The number of nitrogens with zero attached hydrogens (tertiary/aromatic N) is 1. The molecule has 3 rings (SSSR count). The van der Waals surface area contributed by atoms with Crippen molar-refractivity contribution in [1.82, 2.24) is 15.5 Å². The Hall–Kier alpha value is -2.83. The summed E-state index contributed by atoms with van der Waals surface area (Å²) in [7, 11) is 3.19. The van der Waals surface area contributed by atoms with Gasteiger partial charge in [0.15, 0.2) is 0 Å². The average Bonchev–Trinajstić information content (AvgIpc) is 3.16. The Bertz CT molecular complexity index is 875. The van der Waals surface area contributed by atoms with Crippen LogP contribution in [-0.2, 0) is 6.54 Å². The van der Waals surface area contributed by atoms with Crippen molar-refractivity contribution >= 4 is 0 Å². The third-order valence-electron chi connectivity index (χ3n) is 4.51. The van der Waals surface area contributed by atoms with Gasteiger partial charge >= 0.3 is 0 Å². The van der Waals surface area contributed by atoms with Gasteiger partial charge in [-0.2, -0.15) is 5.10 Å². The van der Waals surface area contributed by atoms with Crippen LogP contribution in [0.3, 0.4) is 0 Å². The number of hydrogen-bond donors (Lipinski definition) is 3. The van der Waals surface area contributed by atoms with Crippen molar-refractivity contribution in [3.8, 4) is 22.8 Å². The van der Waals surface area contributed by atoms with Crippen LogP contribution >= 0.6 is 0 Å². The van der Waals surface area contributed by atoms with Crippen LogP contribution in [0.2, 0.25) is 0 Å². The van der Waals surface area contributed by atoms with Crippen LogP contribution in [0, 0.1) is 6.92 Å². The van der Waals surface area contributed by atoms with Crippen molar-refractivity contribution in [3.05, 3.63) is 65.4 Å². The molecule has 1 heterocycles. The lowest BCUT2D eigenvalue weighted by molar-refractivity contribution is 0.169. The molecule has 0 amide bonds. The molecule has 142 valence electrons. The molecule has 3 aromatic rings. The SMILES string of the molecule is COc1ccc(OC)c(C(O)CNCc2cn[nH]c2-c2ccc(C)cc2)c1. The largest absolute Gasteiger partial charge is 0.497 e. The number of methoxy groups -OCH3 is 2. The van der Waals surface area contributed by atoms with Crippen LogP contribution < -0.4 is 14.8 Å². The number of hydrogen-bond acceptors (Lipinski definition) is 5. The van der Waals surface area contributed by atoms with Crippen LogP contribution in [0.1, 0.15) is 22.8 Å². The third kappa shape index (κ3) is 4.48. The van der Waals surface area contributed by atoms with Gasteiger partial charge < -0.3 is 19.9 Å². The fourth-order valence-electron chi connectivity index (χ4n) is 2.97. The zero-order valence-electron chi connectivity index (χ0n) is 15.8. The number of aryl methyl sites for hydroxylation is 1. The lowest BCUT2D eigenvalue weighted by Gasteiger charge is -2.16. The summed E-state index contributed by atoms with van der Waals surface area (Å²) in [4.78, 5) is 0. The van der Waals surface area contributed by atoms with Gasteiger partial charge in [0.05, 0.1) is 32.2 Å². The van der Waals surface area contributed by atoms with Gasteiger partial charge in [-0.1, -0.05) is 29.8 Å². The van der Waals surface area contributed by atoms with E-state index in [2.05, 4.69) is 46.7 Å². The van der Waals surface area contributed by atoms with E-state index < -0.39 is 6.10 Å². The second kappa shape index (κ2) is 8.70. The highest BCUT2D eigenvalue weighted by Crippen LogP contribution is 2.29. The van der Waals surface area contributed by atoms with Gasteiger partial charge in [-0.05, 0) is 30.7 Å². The van der Waals surface area contributed by atoms with E-state index in [-0.39, 0.29) is 0 Å². The molecule has 0 saturated carbocycles. The van der Waals surface area contributed by atoms with Crippen LogP contribution in [0.4, 0.5) is 0 Å². The first kappa shape index (κ1) is 18.9. The Morgan fingerprint density at radius 1 is 1.11 bits per heavy atom. The first-order chi connectivity index (χ1) is 13.1. The summed E-state index contributed by atoms with van der Waals surface area (Å²) in [6.45, 7) is 3.03. The van der Waals surface area contributed by atoms with Crippen molar-refractivity contribution < 1.29 is 14.6 Å². The maximum atomic E-state index is 10.6. The van der Waals surface area contributed by atoms with E-state index in [1.807, 2.05) is 6.07 Å². The summed E-state index contributed by atoms with van der Waals surface area (Å²) in [5.74, 6) is 1.31. The maximum Gasteiger partial charge on any atom is 0.124 e. The molecule has 1 unspecified atom stereocenters. The van der Waals surface area contributed by atoms with E-state index in [0.29, 0.717) is 30.2 Å². The molecule has 6 nitrogen and oxygen atoms in total. The molecular formula is C21H25N3O3. The van der Waals surface area contributed by atoms with Gasteiger partial charge in [-0.15, -0.1) is 0 Å². The molecule has 3 N–H and O–H groups in total. The zero-order valence-corrected chi connectivity index (χ0v) is 15.8. The Kier molecular flexibility index (Phi) is 6.11. The summed E-state index contributed by atoms with van der Waals surface area (Å²) >= 11 is 0. The molecule has 1 atom stereocenters. The quantitative estimate of drug-likeness (QED) is 0.570. The molecule has 0 radical (unpaired) electrons. The monoisotopic (exact) mass is 367 g/mol. The summed E-state index contributed by atoms with van der Waals surface area (Å²) < 4.78 is 10.6. The lowest BCUT2D eigenvalue weighted by Crippen LogP contribution is -2.21. The normalized spacial score (nSPS) is 12.0. The molecule has 0 spiro atoms. The second-order valence-electron chi connectivity index (χ2n) is 6.39. The fourth-order valence-corrected chi connectivity index (χ4v) is 2.97. The highest BCUT2D eigenvalue weighted by molar-refractivity contribution is 5.62. The minimum absolute atomic E-state index is 0.377. The smallest absolute Gasteiger partial charge is 0.124 e. The molecule has 27 heavy (non-hydrogen) atoms. The number of benzene rings is 2. The van der Waals surface area contributed by atoms with Crippen molar-refractivity contribution in [2.45, 2.75) is 19.6 Å². The molecule has 0 fully saturated rings. The number of aliphatic hydroxyl groups is 1. The molecular weight excluding hydrogens is 342 g/mol. The Morgan fingerprint density at radius 3 is 2.59 bits per heavy atom. The average molecular weight is 367 g/mol. The third-order valence-corrected chi connectivity index (χ3v) is 4.51. The van der Waals surface area contributed by atoms with Gasteiger partial charge in [-0.3, -0.25) is 5.10 Å². The van der Waals surface area contributed by atoms with Crippen LogP contribution in [-0.4, -0.2) is 36.1 Å². The zero-order chi connectivity index (χ0) is 19.2. The predicted molar refractivity (Wildman–Crippen MR) is 105 cm³/mol. The van der Waals surface area contributed by atoms with Crippen molar-refractivity contribution in [1.29, 1.82) is 0 Å². The van der Waals surface area contributed by atoms with Crippen molar-refractivity contribution in [2.24, 2.45) is 0 Å². The number of H-pyrrole nitrogens is 1. The Balaban J connectivity index is 1.65. The Morgan fingerprint density at radius 2 is 1.89 bits per heavy atom. The fraction of sp³-hybridized carbons (Fsp3) is 0.286. The topological polar surface area (TPSA) is 79.4 Å². The van der Waals surface area contributed by atoms with Gasteiger partial charge in [0, 0.05) is 24.2 Å². The van der Waals surface area contributed by atoms with E-state index >= 15 is 0 Å². The molecule has 2 aromatic carbocycles. The second-order valence-corrected chi connectivity index (χ2v) is 6.39. The number of nitrogens with one attached hydrogen (secondary N) is 2. The van der Waals surface area contributed by atoms with Crippen LogP contribution in [0.25, 0.3) is 11.3 Å². The van der Waals surface area contributed by atoms with Crippen molar-refractivity contribution in [2.75, 3.05) is 20.8 Å². The number of aromatic nitrogens is 2. The molecule has 0 saturated heterocycles. The van der Waals surface area contributed by atoms with E-state index in [0.717, 1.165) is 16.8 Å². The summed E-state index contributed by atoms with van der Waals surface area (Å²) in [6.07, 6.45) is 1.09. The van der Waals surface area contributed by atoms with Crippen LogP contribution in [0.15, 0.2) is 48.7 Å². The van der Waals surface area contributed by atoms with Crippen molar-refractivity contribution in [3.63, 3.8) is 0 Å². The molecule has 0 aliphatic carbocycles. The summed E-state index contributed by atoms with van der Waals surface area (Å²) in [6, 6.07) is 13.7. The number of ether oxygens (including phenoxy) is 2. The highest BCUT2D eigenvalue weighted by atomic mass is 16.5. The summed E-state index contributed by atoms with van der Waals surface area (Å²) in [5.41, 5.74) is 5.02. The minimum atomic E-state index is -0.718. The Labute approximate surface area is 159 Å². The molecule has 1 aromatic heterocycles. The van der Waals surface area contributed by atoms with E-state index in [1.54, 1.807) is 32.5 Å². The predicted octanol–water partition coefficient (Wildman–Crippen LogP) is 3.23.